The van der Waals surface area contributed by atoms with Crippen LogP contribution in [0.3, 0.4) is 0 Å². The van der Waals surface area contributed by atoms with E-state index in [4.69, 9.17) is 29.7 Å². The zero-order valence-electron chi connectivity index (χ0n) is 41.4. The van der Waals surface area contributed by atoms with Crippen LogP contribution < -0.4 is 25.7 Å². The number of methoxy groups -OCH3 is 1. The van der Waals surface area contributed by atoms with E-state index in [9.17, 15) is 14.7 Å². The summed E-state index contributed by atoms with van der Waals surface area (Å²) in [6, 6.07) is 0. The molecular weight excluding hydrogens is 821 g/mol. The fourth-order valence-electron chi connectivity index (χ4n) is 10.3. The van der Waals surface area contributed by atoms with Gasteiger partial charge in [-0.05, 0) is 100 Å². The van der Waals surface area contributed by atoms with Crippen molar-refractivity contribution >= 4 is 64.9 Å². The quantitative estimate of drug-likeness (QED) is 0.0675. The first-order chi connectivity index (χ1) is 30.6. The fraction of sp³-hybridized carbons (Fsp3) is 0.564. The van der Waals surface area contributed by atoms with Gasteiger partial charge in [-0.25, -0.2) is 0 Å². The Hall–Kier alpha value is -3.99. The normalized spacial score (nSPS) is 22.8. The molecule has 10 heteroatoms. The molecule has 1 aliphatic carbocycles. The Labute approximate surface area is 405 Å². The number of carbonyl (C=O) groups is 2. The first-order valence-electron chi connectivity index (χ1n) is 24.2. The van der Waals surface area contributed by atoms with Gasteiger partial charge >= 0.3 is 35.0 Å². The molecule has 1 fully saturated rings. The monoisotopic (exact) mass is 895 g/mol. The standard InChI is InChI=1S/C55H74N4O5.Mg/c1-13-39-35(8)42-28-44-37(10)41(24-25-48(60)64-27-26-34(7)23-17-22-33(6)21-16-20-32(5)19-15-18-31(3)4)52(58-44)50-51(55(62)63-12)54(61)49-38(11)45(59-53(49)50)30-47-40(14-2)36(9)43(57-47)29-46(39)56-42;/h13,26,28-33,37,41,51,54,61H,1,14-25,27H2,2-12H3;/q-4;+2/b34-26+,43-29-,44-28-,47-30-,52-50-;/t32-,33-,37+,41+,51-,54-;/m1./s1. The van der Waals surface area contributed by atoms with E-state index in [0.29, 0.717) is 34.6 Å². The molecule has 0 radical (unpaired) electrons. The molecule has 6 rings (SSSR count). The second-order valence-electron chi connectivity index (χ2n) is 19.6. The molecule has 5 heterocycles. The van der Waals surface area contributed by atoms with E-state index in [-0.39, 0.29) is 53.9 Å². The third-order valence-electron chi connectivity index (χ3n) is 14.4. The summed E-state index contributed by atoms with van der Waals surface area (Å²) in [6.07, 6.45) is 21.4. The number of aromatic nitrogens is 3. The van der Waals surface area contributed by atoms with Gasteiger partial charge in [-0.2, -0.15) is 11.4 Å². The number of aliphatic hydroxyl groups is 1. The topological polar surface area (TPSA) is 129 Å². The number of carbonyl (C=O) groups excluding carboxylic acids is 2. The molecule has 1 N–H and O–H groups in total. The summed E-state index contributed by atoms with van der Waals surface area (Å²) >= 11 is 0. The van der Waals surface area contributed by atoms with Gasteiger partial charge in [0.15, 0.2) is 0 Å². The molecule has 348 valence electrons. The van der Waals surface area contributed by atoms with Gasteiger partial charge in [-0.3, -0.25) is 9.59 Å². The van der Waals surface area contributed by atoms with Crippen molar-refractivity contribution in [1.82, 2.24) is 15.0 Å². The molecule has 8 bridgehead atoms. The van der Waals surface area contributed by atoms with Crippen LogP contribution in [0.1, 0.15) is 181 Å². The Morgan fingerprint density at radius 2 is 1.49 bits per heavy atom. The Kier molecular flexibility index (Phi) is 18.5. The van der Waals surface area contributed by atoms with Crippen LogP contribution in [0.5, 0.6) is 0 Å². The number of ether oxygens (including phenoxy) is 2. The number of nitrogens with zero attached hydrogens (tertiary/aromatic N) is 4. The van der Waals surface area contributed by atoms with E-state index in [2.05, 4.69) is 62.0 Å². The first kappa shape index (κ1) is 52.0. The molecule has 3 aromatic rings. The minimum Gasteiger partial charge on any atom is -0.664 e. The molecule has 65 heavy (non-hydrogen) atoms. The van der Waals surface area contributed by atoms with Crippen molar-refractivity contribution in [3.8, 4) is 0 Å². The van der Waals surface area contributed by atoms with E-state index >= 15 is 0 Å². The van der Waals surface area contributed by atoms with Crippen molar-refractivity contribution in [2.45, 2.75) is 152 Å². The largest absolute Gasteiger partial charge is 2.00 e. The first-order valence-corrected chi connectivity index (χ1v) is 24.2. The van der Waals surface area contributed by atoms with Gasteiger partial charge < -0.3 is 34.8 Å². The summed E-state index contributed by atoms with van der Waals surface area (Å²) in [7, 11) is 1.34. The zero-order chi connectivity index (χ0) is 46.4. The number of allylic oxidation sites excluding steroid dienone is 3. The maximum Gasteiger partial charge on any atom is 2.00 e. The average Bonchev–Trinajstić information content (AvgIpc) is 3.99. The van der Waals surface area contributed by atoms with Gasteiger partial charge in [-0.15, -0.1) is 33.5 Å². The van der Waals surface area contributed by atoms with Crippen molar-refractivity contribution in [2.75, 3.05) is 13.7 Å². The smallest absolute Gasteiger partial charge is 0.664 e. The summed E-state index contributed by atoms with van der Waals surface area (Å²) in [6.45, 7) is 26.2. The zero-order valence-corrected chi connectivity index (χ0v) is 42.8. The van der Waals surface area contributed by atoms with E-state index in [0.717, 1.165) is 92.6 Å². The van der Waals surface area contributed by atoms with Crippen molar-refractivity contribution in [1.29, 1.82) is 0 Å². The summed E-state index contributed by atoms with van der Waals surface area (Å²) in [4.78, 5) is 42.4. The van der Waals surface area contributed by atoms with Crippen molar-refractivity contribution in [3.63, 3.8) is 0 Å². The third-order valence-corrected chi connectivity index (χ3v) is 14.4. The van der Waals surface area contributed by atoms with Crippen LogP contribution >= 0.6 is 0 Å². The van der Waals surface area contributed by atoms with Crippen LogP contribution in [0.4, 0.5) is 0 Å². The molecule has 0 aromatic carbocycles. The molecule has 0 unspecified atom stereocenters. The molecule has 0 spiro atoms. The van der Waals surface area contributed by atoms with Gasteiger partial charge in [0.1, 0.15) is 12.5 Å². The van der Waals surface area contributed by atoms with Gasteiger partial charge in [0, 0.05) is 6.42 Å². The van der Waals surface area contributed by atoms with Crippen molar-refractivity contribution < 1.29 is 24.2 Å². The molecular formula is C55H74MgN4O5-2. The summed E-state index contributed by atoms with van der Waals surface area (Å²) in [5.41, 5.74) is 11.4. The van der Waals surface area contributed by atoms with Crippen LogP contribution in [0.15, 0.2) is 29.6 Å². The molecule has 9 nitrogen and oxygen atoms in total. The summed E-state index contributed by atoms with van der Waals surface area (Å²) < 4.78 is 11.1. The van der Waals surface area contributed by atoms with Gasteiger partial charge in [0.05, 0.1) is 13.2 Å². The Morgan fingerprint density at radius 3 is 2.14 bits per heavy atom. The molecule has 0 amide bonds. The van der Waals surface area contributed by atoms with Crippen LogP contribution in [0.2, 0.25) is 0 Å². The minimum absolute atomic E-state index is 0. The van der Waals surface area contributed by atoms with E-state index in [1.807, 2.05) is 44.2 Å². The van der Waals surface area contributed by atoms with Crippen molar-refractivity contribution in [3.05, 3.63) is 102 Å². The SMILES string of the molecule is C=Cc1c2[n-]c(c1C)/C=C1\[N-]/C(=C3\c4[n-]c(c(C)c4[C@@H](O)[C@@H]3C(=O)OC)/C=c3\[n-]/c(c(C)c3CC)=C\2)[C@@H](CCC(=O)OC/C=C(\C)CCC[C@H](C)CCC[C@H](C)CCCC(C)C)[C@@H]1C.[Mg+2]. The second-order valence-corrected chi connectivity index (χ2v) is 19.6. The Bertz CT molecular complexity index is 2400. The van der Waals surface area contributed by atoms with Crippen LogP contribution in [0, 0.1) is 56.3 Å². The molecule has 2 aliphatic heterocycles. The van der Waals surface area contributed by atoms with E-state index < -0.39 is 18.0 Å². The molecule has 0 saturated carbocycles. The summed E-state index contributed by atoms with van der Waals surface area (Å²) in [5.74, 6) is 0.0351. The number of hydrogen-bond donors (Lipinski definition) is 1. The van der Waals surface area contributed by atoms with Gasteiger partial charge in [0.2, 0.25) is 0 Å². The molecule has 6 atom stereocenters. The number of fused-ring (bicyclic) bond motifs is 7. The van der Waals surface area contributed by atoms with E-state index in [1.54, 1.807) is 0 Å². The molecule has 1 saturated heterocycles. The van der Waals surface area contributed by atoms with Gasteiger partial charge in [0.25, 0.3) is 0 Å². The number of aliphatic hydroxyl groups excluding tert-OH is 1. The fourth-order valence-corrected chi connectivity index (χ4v) is 10.3. The van der Waals surface area contributed by atoms with Crippen LogP contribution in [-0.2, 0) is 25.5 Å². The van der Waals surface area contributed by atoms with Crippen LogP contribution in [-0.4, -0.2) is 53.8 Å². The number of esters is 2. The van der Waals surface area contributed by atoms with Crippen molar-refractivity contribution in [2.24, 2.45) is 35.5 Å². The van der Waals surface area contributed by atoms with Crippen LogP contribution in [0.25, 0.3) is 35.2 Å². The number of rotatable bonds is 20. The Balaban J connectivity index is 0.00000793. The maximum absolute atomic E-state index is 13.6. The van der Waals surface area contributed by atoms with Gasteiger partial charge in [-0.1, -0.05) is 151 Å². The molecule has 3 aliphatic rings. The average molecular weight is 896 g/mol. The molecule has 3 aromatic heterocycles. The Morgan fingerprint density at radius 1 is 0.846 bits per heavy atom. The number of hydrogen-bond acceptors (Lipinski definition) is 5. The predicted octanol–water partition coefficient (Wildman–Crippen LogP) is 10.2. The third kappa shape index (κ3) is 11.8. The second kappa shape index (κ2) is 23.1. The maximum atomic E-state index is 13.6. The summed E-state index contributed by atoms with van der Waals surface area (Å²) in [5, 5.41) is 18.9. The minimum atomic E-state index is -1.18. The van der Waals surface area contributed by atoms with E-state index in [1.165, 1.54) is 57.6 Å². The predicted molar refractivity (Wildman–Crippen MR) is 265 cm³/mol.